The first kappa shape index (κ1) is 16.5. The molecule has 0 aliphatic rings. The molecule has 1 aromatic rings. The number of carboxylic acids is 1. The maximum Gasteiger partial charge on any atom is 0.317 e. The van der Waals surface area contributed by atoms with Gasteiger partial charge in [0.05, 0.1) is 19.1 Å². The number of nitrogens with one attached hydrogen (secondary N) is 1. The Morgan fingerprint density at radius 2 is 2.00 bits per heavy atom. The number of carbonyl (C=O) groups is 2. The Morgan fingerprint density at radius 3 is 2.55 bits per heavy atom. The van der Waals surface area contributed by atoms with Crippen LogP contribution >= 0.6 is 11.6 Å². The molecule has 1 amide bonds. The Bertz CT molecular complexity index is 479. The number of carboxylic acid groups (broad SMARTS) is 1. The predicted octanol–water partition coefficient (Wildman–Crippen LogP) is 1.92. The number of likely N-dealkylation sites (N-methyl/N-ethyl adjacent to an activating group) is 1. The van der Waals surface area contributed by atoms with Gasteiger partial charge in [0.15, 0.2) is 0 Å². The van der Waals surface area contributed by atoms with Crippen molar-refractivity contribution in [3.63, 3.8) is 0 Å². The van der Waals surface area contributed by atoms with Crippen molar-refractivity contribution >= 4 is 23.5 Å². The average molecular weight is 299 g/mol. The maximum absolute atomic E-state index is 11.9. The van der Waals surface area contributed by atoms with E-state index in [2.05, 4.69) is 5.32 Å². The number of halogens is 1. The number of benzene rings is 1. The summed E-state index contributed by atoms with van der Waals surface area (Å²) in [5, 5.41) is 12.1. The van der Waals surface area contributed by atoms with Crippen LogP contribution in [-0.2, 0) is 9.59 Å². The molecule has 1 atom stereocenters. The lowest BCUT2D eigenvalue weighted by atomic mass is 10.1. The Hall–Kier alpha value is -1.59. The lowest BCUT2D eigenvalue weighted by Crippen LogP contribution is -2.40. The highest BCUT2D eigenvalue weighted by atomic mass is 35.5. The third-order valence-corrected chi connectivity index (χ3v) is 3.27. The van der Waals surface area contributed by atoms with Gasteiger partial charge in [-0.15, -0.1) is 0 Å². The molecule has 1 aromatic carbocycles. The summed E-state index contributed by atoms with van der Waals surface area (Å²) in [7, 11) is 0. The van der Waals surface area contributed by atoms with Crippen LogP contribution in [0.5, 0.6) is 0 Å². The molecule has 5 nitrogen and oxygen atoms in total. The Balaban J connectivity index is 2.57. The van der Waals surface area contributed by atoms with Gasteiger partial charge in [0.2, 0.25) is 5.91 Å². The molecule has 1 rings (SSSR count). The number of rotatable bonds is 7. The zero-order chi connectivity index (χ0) is 15.1. The highest BCUT2D eigenvalue weighted by Gasteiger charge is 2.15. The molecular weight excluding hydrogens is 280 g/mol. The predicted molar refractivity (Wildman–Crippen MR) is 77.8 cm³/mol. The van der Waals surface area contributed by atoms with Crippen molar-refractivity contribution in [2.75, 3.05) is 19.6 Å². The van der Waals surface area contributed by atoms with Gasteiger partial charge in [-0.25, -0.2) is 0 Å². The van der Waals surface area contributed by atoms with E-state index < -0.39 is 5.97 Å². The summed E-state index contributed by atoms with van der Waals surface area (Å²) < 4.78 is 0. The van der Waals surface area contributed by atoms with Crippen molar-refractivity contribution in [2.24, 2.45) is 0 Å². The quantitative estimate of drug-likeness (QED) is 0.807. The number of aliphatic carboxylic acids is 1. The van der Waals surface area contributed by atoms with E-state index >= 15 is 0 Å². The molecule has 6 heteroatoms. The standard InChI is InChI=1S/C14H19ClN2O3/c1-3-17(9-14(19)20)8-13(18)16-10(2)11-6-4-5-7-12(11)15/h4-7,10H,3,8-9H2,1-2H3,(H,16,18)(H,19,20). The van der Waals surface area contributed by atoms with Crippen LogP contribution in [0.3, 0.4) is 0 Å². The molecule has 20 heavy (non-hydrogen) atoms. The zero-order valence-electron chi connectivity index (χ0n) is 11.6. The third-order valence-electron chi connectivity index (χ3n) is 2.92. The topological polar surface area (TPSA) is 69.6 Å². The van der Waals surface area contributed by atoms with Crippen molar-refractivity contribution in [1.82, 2.24) is 10.2 Å². The minimum absolute atomic E-state index is 0.0532. The van der Waals surface area contributed by atoms with Crippen LogP contribution in [0, 0.1) is 0 Å². The molecule has 0 heterocycles. The molecule has 0 saturated heterocycles. The van der Waals surface area contributed by atoms with Gasteiger partial charge in [0.25, 0.3) is 0 Å². The first-order chi connectivity index (χ1) is 9.43. The van der Waals surface area contributed by atoms with Crippen LogP contribution in [0.2, 0.25) is 5.02 Å². The molecule has 1 unspecified atom stereocenters. The van der Waals surface area contributed by atoms with Crippen LogP contribution in [0.25, 0.3) is 0 Å². The van der Waals surface area contributed by atoms with Crippen LogP contribution in [-0.4, -0.2) is 41.5 Å². The van der Waals surface area contributed by atoms with E-state index in [-0.39, 0.29) is 25.0 Å². The zero-order valence-corrected chi connectivity index (χ0v) is 12.4. The highest BCUT2D eigenvalue weighted by Crippen LogP contribution is 2.21. The number of amides is 1. The summed E-state index contributed by atoms with van der Waals surface area (Å²) in [5.74, 6) is -1.17. The number of carbonyl (C=O) groups excluding carboxylic acids is 1. The van der Waals surface area contributed by atoms with E-state index in [1.54, 1.807) is 11.0 Å². The molecule has 0 bridgehead atoms. The molecule has 2 N–H and O–H groups in total. The van der Waals surface area contributed by atoms with E-state index in [0.717, 1.165) is 5.56 Å². The van der Waals surface area contributed by atoms with Gasteiger partial charge in [-0.1, -0.05) is 36.7 Å². The van der Waals surface area contributed by atoms with E-state index in [0.29, 0.717) is 11.6 Å². The SMILES string of the molecule is CCN(CC(=O)O)CC(=O)NC(C)c1ccccc1Cl. The summed E-state index contributed by atoms with van der Waals surface area (Å²) in [6, 6.07) is 7.07. The molecule has 0 aromatic heterocycles. The third kappa shape index (κ3) is 5.19. The van der Waals surface area contributed by atoms with Gasteiger partial charge in [-0.05, 0) is 25.1 Å². The monoisotopic (exact) mass is 298 g/mol. The van der Waals surface area contributed by atoms with Crippen molar-refractivity contribution in [3.05, 3.63) is 34.9 Å². The lowest BCUT2D eigenvalue weighted by molar-refractivity contribution is -0.138. The Labute approximate surface area is 123 Å². The van der Waals surface area contributed by atoms with E-state index in [4.69, 9.17) is 16.7 Å². The average Bonchev–Trinajstić information content (AvgIpc) is 2.37. The minimum Gasteiger partial charge on any atom is -0.480 e. The Kier molecular flexibility index (Phi) is 6.48. The largest absolute Gasteiger partial charge is 0.480 e. The molecule has 0 aliphatic heterocycles. The normalized spacial score (nSPS) is 12.2. The summed E-state index contributed by atoms with van der Waals surface area (Å²) >= 11 is 6.06. The van der Waals surface area contributed by atoms with Gasteiger partial charge in [-0.2, -0.15) is 0 Å². The van der Waals surface area contributed by atoms with Crippen molar-refractivity contribution in [1.29, 1.82) is 0 Å². The summed E-state index contributed by atoms with van der Waals surface area (Å²) in [4.78, 5) is 24.1. The van der Waals surface area contributed by atoms with E-state index in [1.807, 2.05) is 32.0 Å². The molecule has 0 spiro atoms. The molecule has 0 fully saturated rings. The van der Waals surface area contributed by atoms with Gasteiger partial charge in [0, 0.05) is 5.02 Å². The fraction of sp³-hybridized carbons (Fsp3) is 0.429. The Morgan fingerprint density at radius 1 is 1.35 bits per heavy atom. The summed E-state index contributed by atoms with van der Waals surface area (Å²) in [6.07, 6.45) is 0. The van der Waals surface area contributed by atoms with Crippen LogP contribution in [0.1, 0.15) is 25.5 Å². The first-order valence-electron chi connectivity index (χ1n) is 6.42. The maximum atomic E-state index is 11.9. The van der Waals surface area contributed by atoms with Gasteiger partial charge >= 0.3 is 5.97 Å². The van der Waals surface area contributed by atoms with Gasteiger partial charge in [-0.3, -0.25) is 14.5 Å². The van der Waals surface area contributed by atoms with Crippen LogP contribution in [0.15, 0.2) is 24.3 Å². The second kappa shape index (κ2) is 7.87. The number of nitrogens with zero attached hydrogens (tertiary/aromatic N) is 1. The first-order valence-corrected chi connectivity index (χ1v) is 6.79. The summed E-state index contributed by atoms with van der Waals surface area (Å²) in [6.45, 7) is 4.06. The van der Waals surface area contributed by atoms with Crippen molar-refractivity contribution in [2.45, 2.75) is 19.9 Å². The smallest absolute Gasteiger partial charge is 0.317 e. The van der Waals surface area contributed by atoms with Gasteiger partial charge in [0.1, 0.15) is 0 Å². The van der Waals surface area contributed by atoms with Crippen LogP contribution in [0.4, 0.5) is 0 Å². The molecule has 0 aliphatic carbocycles. The summed E-state index contributed by atoms with van der Waals surface area (Å²) in [5.41, 5.74) is 0.837. The lowest BCUT2D eigenvalue weighted by Gasteiger charge is -2.20. The fourth-order valence-corrected chi connectivity index (χ4v) is 2.16. The minimum atomic E-state index is -0.946. The molecule has 0 radical (unpaired) electrons. The molecule has 110 valence electrons. The fourth-order valence-electron chi connectivity index (χ4n) is 1.87. The van der Waals surface area contributed by atoms with E-state index in [1.165, 1.54) is 0 Å². The second-order valence-electron chi connectivity index (χ2n) is 4.51. The molecular formula is C14H19ClN2O3. The molecule has 0 saturated carbocycles. The highest BCUT2D eigenvalue weighted by molar-refractivity contribution is 6.31. The van der Waals surface area contributed by atoms with Crippen molar-refractivity contribution < 1.29 is 14.7 Å². The van der Waals surface area contributed by atoms with Crippen molar-refractivity contribution in [3.8, 4) is 0 Å². The second-order valence-corrected chi connectivity index (χ2v) is 4.91. The van der Waals surface area contributed by atoms with E-state index in [9.17, 15) is 9.59 Å². The number of hydrogen-bond donors (Lipinski definition) is 2. The van der Waals surface area contributed by atoms with Crippen LogP contribution < -0.4 is 5.32 Å². The number of hydrogen-bond acceptors (Lipinski definition) is 3. The van der Waals surface area contributed by atoms with Gasteiger partial charge < -0.3 is 10.4 Å².